The first kappa shape index (κ1) is 9.93. The Bertz CT molecular complexity index is 337. The van der Waals surface area contributed by atoms with E-state index >= 15 is 0 Å². The Hall–Kier alpha value is -0.150. The maximum Gasteiger partial charge on any atom is 0.240 e. The average molecular weight is 311 g/mol. The molecule has 0 N–H and O–H groups in total. The molecule has 0 amide bonds. The second-order valence-corrected chi connectivity index (χ2v) is 4.07. The Labute approximate surface area is 90.9 Å². The molecule has 5 heteroatoms. The second kappa shape index (κ2) is 4.19. The maximum atomic E-state index is 10.00. The minimum atomic E-state index is 0.495. The molecule has 0 aliphatic heterocycles. The molecule has 0 spiro atoms. The van der Waals surface area contributed by atoms with Gasteiger partial charge in [0.2, 0.25) is 6.08 Å². The minimum absolute atomic E-state index is 0.495. The Balaban J connectivity index is 3.37. The van der Waals surface area contributed by atoms with Crippen molar-refractivity contribution in [1.29, 1.82) is 0 Å². The molecule has 2 nitrogen and oxygen atoms in total. The van der Waals surface area contributed by atoms with Crippen molar-refractivity contribution in [3.8, 4) is 0 Å². The number of nitrogens with zero attached hydrogens (tertiary/aromatic N) is 1. The highest BCUT2D eigenvalue weighted by Gasteiger charge is 2.04. The molecule has 62 valence electrons. The van der Waals surface area contributed by atoms with Gasteiger partial charge in [0.05, 0.1) is 0 Å². The molecule has 0 fully saturated rings. The summed E-state index contributed by atoms with van der Waals surface area (Å²) in [5.74, 6) is 0. The van der Waals surface area contributed by atoms with E-state index in [1.54, 1.807) is 12.1 Å². The van der Waals surface area contributed by atoms with Crippen molar-refractivity contribution in [3.05, 3.63) is 26.1 Å². The van der Waals surface area contributed by atoms with E-state index in [1.165, 1.54) is 6.08 Å². The first-order valence-electron chi connectivity index (χ1n) is 2.87. The van der Waals surface area contributed by atoms with Crippen molar-refractivity contribution in [2.45, 2.75) is 0 Å². The standard InChI is InChI=1S/C7H2Br2ClNO/c8-5-1-4(10)2-6(9)7(5)11-3-12/h1-2H. The van der Waals surface area contributed by atoms with Crippen molar-refractivity contribution in [2.75, 3.05) is 0 Å². The lowest BCUT2D eigenvalue weighted by molar-refractivity contribution is 0.565. The van der Waals surface area contributed by atoms with Gasteiger partial charge in [-0.1, -0.05) is 11.6 Å². The smallest absolute Gasteiger partial charge is 0.211 e. The molecule has 0 aliphatic rings. The summed E-state index contributed by atoms with van der Waals surface area (Å²) in [6, 6.07) is 3.31. The lowest BCUT2D eigenvalue weighted by Gasteiger charge is -1.99. The molecule has 0 unspecified atom stereocenters. The van der Waals surface area contributed by atoms with Crippen LogP contribution in [0.4, 0.5) is 5.69 Å². The van der Waals surface area contributed by atoms with E-state index in [0.29, 0.717) is 19.7 Å². The Morgan fingerprint density at radius 3 is 2.25 bits per heavy atom. The zero-order valence-electron chi connectivity index (χ0n) is 5.64. The minimum Gasteiger partial charge on any atom is -0.211 e. The van der Waals surface area contributed by atoms with Gasteiger partial charge in [-0.15, -0.1) is 0 Å². The molecule has 0 saturated heterocycles. The van der Waals surface area contributed by atoms with Gasteiger partial charge in [-0.25, -0.2) is 4.79 Å². The number of rotatable bonds is 1. The number of hydrogen-bond donors (Lipinski definition) is 0. The average Bonchev–Trinajstić information content (AvgIpc) is 1.96. The molecule has 0 heterocycles. The Morgan fingerprint density at radius 2 is 1.83 bits per heavy atom. The largest absolute Gasteiger partial charge is 0.240 e. The first-order chi connectivity index (χ1) is 5.65. The van der Waals surface area contributed by atoms with Crippen molar-refractivity contribution in [3.63, 3.8) is 0 Å². The van der Waals surface area contributed by atoms with Gasteiger partial charge >= 0.3 is 0 Å². The third-order valence-corrected chi connectivity index (χ3v) is 2.57. The van der Waals surface area contributed by atoms with Gasteiger partial charge in [0.1, 0.15) is 5.69 Å². The fourth-order valence-electron chi connectivity index (χ4n) is 0.687. The van der Waals surface area contributed by atoms with Gasteiger partial charge in [-0.2, -0.15) is 4.99 Å². The van der Waals surface area contributed by atoms with Crippen LogP contribution in [0.5, 0.6) is 0 Å². The molecule has 12 heavy (non-hydrogen) atoms. The number of hydrogen-bond acceptors (Lipinski definition) is 2. The molecule has 1 rings (SSSR count). The van der Waals surface area contributed by atoms with Crippen LogP contribution in [0.25, 0.3) is 0 Å². The molecular formula is C7H2Br2ClNO. The summed E-state index contributed by atoms with van der Waals surface area (Å²) >= 11 is 12.1. The zero-order valence-corrected chi connectivity index (χ0v) is 9.57. The highest BCUT2D eigenvalue weighted by molar-refractivity contribution is 9.11. The van der Waals surface area contributed by atoms with E-state index in [1.807, 2.05) is 0 Å². The molecular weight excluding hydrogens is 309 g/mol. The number of aliphatic imine (C=N–C) groups is 1. The summed E-state index contributed by atoms with van der Waals surface area (Å²) in [4.78, 5) is 13.5. The summed E-state index contributed by atoms with van der Waals surface area (Å²) in [6.45, 7) is 0. The SMILES string of the molecule is O=C=Nc1c(Br)cc(Cl)cc1Br. The lowest BCUT2D eigenvalue weighted by atomic mass is 10.3. The highest BCUT2D eigenvalue weighted by atomic mass is 79.9. The maximum absolute atomic E-state index is 10.00. The van der Waals surface area contributed by atoms with Crippen LogP contribution in [0.1, 0.15) is 0 Å². The molecule has 1 aromatic rings. The molecule has 0 aromatic heterocycles. The summed E-state index contributed by atoms with van der Waals surface area (Å²) in [5, 5.41) is 0.568. The second-order valence-electron chi connectivity index (χ2n) is 1.92. The number of benzene rings is 1. The zero-order chi connectivity index (χ0) is 9.14. The fourth-order valence-corrected chi connectivity index (χ4v) is 2.53. The summed E-state index contributed by atoms with van der Waals surface area (Å²) in [5.41, 5.74) is 0.495. The summed E-state index contributed by atoms with van der Waals surface area (Å²) < 4.78 is 1.32. The number of halogens is 3. The van der Waals surface area contributed by atoms with Gasteiger partial charge < -0.3 is 0 Å². The molecule has 1 aromatic carbocycles. The van der Waals surface area contributed by atoms with E-state index in [4.69, 9.17) is 11.6 Å². The summed E-state index contributed by atoms with van der Waals surface area (Å²) in [6.07, 6.45) is 1.46. The van der Waals surface area contributed by atoms with Crippen molar-refractivity contribution >= 4 is 55.2 Å². The fraction of sp³-hybridized carbons (Fsp3) is 0. The third-order valence-electron chi connectivity index (χ3n) is 1.14. The van der Waals surface area contributed by atoms with Gasteiger partial charge in [0.25, 0.3) is 0 Å². The van der Waals surface area contributed by atoms with Gasteiger partial charge in [0.15, 0.2) is 0 Å². The van der Waals surface area contributed by atoms with Crippen LogP contribution in [-0.2, 0) is 4.79 Å². The number of isocyanates is 1. The Kier molecular flexibility index (Phi) is 3.47. The molecule has 0 radical (unpaired) electrons. The first-order valence-corrected chi connectivity index (χ1v) is 4.84. The molecule has 0 bridgehead atoms. The van der Waals surface area contributed by atoms with Gasteiger partial charge in [-0.05, 0) is 44.0 Å². The Morgan fingerprint density at radius 1 is 1.33 bits per heavy atom. The van der Waals surface area contributed by atoms with E-state index < -0.39 is 0 Å². The highest BCUT2D eigenvalue weighted by Crippen LogP contribution is 2.35. The van der Waals surface area contributed by atoms with E-state index in [-0.39, 0.29) is 0 Å². The van der Waals surface area contributed by atoms with Crippen molar-refractivity contribution in [2.24, 2.45) is 4.99 Å². The summed E-state index contributed by atoms with van der Waals surface area (Å²) in [7, 11) is 0. The normalized spacial score (nSPS) is 9.25. The lowest BCUT2D eigenvalue weighted by Crippen LogP contribution is -1.72. The van der Waals surface area contributed by atoms with Crippen LogP contribution in [0.15, 0.2) is 26.1 Å². The van der Waals surface area contributed by atoms with Crippen LogP contribution in [0.2, 0.25) is 5.02 Å². The quantitative estimate of drug-likeness (QED) is 0.572. The van der Waals surface area contributed by atoms with Crippen molar-refractivity contribution in [1.82, 2.24) is 0 Å². The van der Waals surface area contributed by atoms with E-state index in [9.17, 15) is 4.79 Å². The van der Waals surface area contributed by atoms with Crippen LogP contribution in [0.3, 0.4) is 0 Å². The van der Waals surface area contributed by atoms with Crippen LogP contribution >= 0.6 is 43.5 Å². The van der Waals surface area contributed by atoms with Gasteiger partial charge in [-0.3, -0.25) is 0 Å². The molecule has 0 aliphatic carbocycles. The van der Waals surface area contributed by atoms with Crippen LogP contribution < -0.4 is 0 Å². The topological polar surface area (TPSA) is 29.4 Å². The van der Waals surface area contributed by atoms with E-state index in [0.717, 1.165) is 0 Å². The molecule has 0 saturated carbocycles. The van der Waals surface area contributed by atoms with Crippen molar-refractivity contribution < 1.29 is 4.79 Å². The van der Waals surface area contributed by atoms with Crippen LogP contribution in [-0.4, -0.2) is 6.08 Å². The predicted molar refractivity (Wildman–Crippen MR) is 54.6 cm³/mol. The predicted octanol–water partition coefficient (Wildman–Crippen LogP) is 3.83. The van der Waals surface area contributed by atoms with Crippen LogP contribution in [0, 0.1) is 0 Å². The van der Waals surface area contributed by atoms with Gasteiger partial charge in [0, 0.05) is 14.0 Å². The van der Waals surface area contributed by atoms with E-state index in [2.05, 4.69) is 36.9 Å². The molecule has 0 atom stereocenters. The third kappa shape index (κ3) is 2.17. The monoisotopic (exact) mass is 309 g/mol. The number of carbonyl (C=O) groups excluding carboxylic acids is 1.